The largest absolute Gasteiger partial charge is 3.00 e. The van der Waals surface area contributed by atoms with Crippen LogP contribution in [-0.2, 0) is 37.3 Å². The first-order valence-electron chi connectivity index (χ1n) is 6.55. The van der Waals surface area contributed by atoms with Crippen molar-refractivity contribution < 1.29 is 52.0 Å². The average molecular weight is 385 g/mol. The molecule has 0 rings (SSSR count). The minimum Gasteiger partial charge on any atom is -0.822 e. The molecule has 0 unspecified atom stereocenters. The first-order chi connectivity index (χ1) is 8.41. The Morgan fingerprint density at radius 3 is 1.32 bits per heavy atom. The molecule has 0 bridgehead atoms. The van der Waals surface area contributed by atoms with E-state index in [1.165, 1.54) is 57.8 Å². The summed E-state index contributed by atoms with van der Waals surface area (Å²) in [5, 5.41) is 0. The molecule has 0 radical (unpaired) electrons. The minimum atomic E-state index is -5.39. The molecule has 4 nitrogen and oxygen atoms in total. The van der Waals surface area contributed by atoms with Gasteiger partial charge in [-0.25, -0.2) is 0 Å². The average Bonchev–Trinajstić information content (AvgIpc) is 2.25. The van der Waals surface area contributed by atoms with Gasteiger partial charge in [0.15, 0.2) is 0 Å². The third-order valence-electron chi connectivity index (χ3n) is 2.41. The van der Waals surface area contributed by atoms with E-state index in [4.69, 9.17) is 19.2 Å². The zero-order chi connectivity index (χ0) is 14.3. The summed E-state index contributed by atoms with van der Waals surface area (Å²) >= 11 is 4.20. The molecule has 7 heteroatoms. The van der Waals surface area contributed by atoms with Crippen molar-refractivity contribution >= 4 is 20.5 Å². The number of hydrogen-bond acceptors (Lipinski definition) is 5. The van der Waals surface area contributed by atoms with E-state index in [1.807, 2.05) is 0 Å². The van der Waals surface area contributed by atoms with Crippen molar-refractivity contribution in [2.24, 2.45) is 0 Å². The van der Waals surface area contributed by atoms with Crippen molar-refractivity contribution in [3.05, 3.63) is 6.92 Å². The Hall–Kier alpha value is 1.56. The van der Waals surface area contributed by atoms with E-state index < -0.39 is 7.82 Å². The molecule has 0 aliphatic carbocycles. The molecule has 0 aromatic carbocycles. The predicted octanol–water partition coefficient (Wildman–Crippen LogP) is 1.82. The predicted molar refractivity (Wildman–Crippen MR) is 73.0 cm³/mol. The summed E-state index contributed by atoms with van der Waals surface area (Å²) in [6.45, 7) is 3.85. The number of thiol groups is 1. The Balaban J connectivity index is -0.000000366. The summed E-state index contributed by atoms with van der Waals surface area (Å²) < 4.78 is 8.55. The van der Waals surface area contributed by atoms with E-state index in [2.05, 4.69) is 19.6 Å². The van der Waals surface area contributed by atoms with E-state index in [0.717, 1.165) is 12.2 Å². The maximum atomic E-state index is 8.55. The van der Waals surface area contributed by atoms with Gasteiger partial charge < -0.3 is 26.2 Å². The van der Waals surface area contributed by atoms with Gasteiger partial charge in [0.1, 0.15) is 0 Å². The smallest absolute Gasteiger partial charge is 0.822 e. The summed E-state index contributed by atoms with van der Waals surface area (Å²) in [6, 6.07) is 0. The maximum absolute atomic E-state index is 8.55. The standard InChI is InChI=1S/C12H25S.H3O4P.Y/c1-2-3-4-5-6-7-8-9-10-11-12-13;1-5(2,3)4;/h13H,1-12H2;(H3,1,2,3,4);/q-1;;+3/p-3. The topological polar surface area (TPSA) is 86.2 Å². The molecule has 0 saturated carbocycles. The molecule has 0 fully saturated rings. The Labute approximate surface area is 148 Å². The van der Waals surface area contributed by atoms with Gasteiger partial charge in [-0.05, 0) is 12.2 Å². The zero-order valence-electron chi connectivity index (χ0n) is 11.6. The van der Waals surface area contributed by atoms with Gasteiger partial charge in [-0.2, -0.15) is 26.9 Å². The summed E-state index contributed by atoms with van der Waals surface area (Å²) in [5.74, 6) is 1.06. The van der Waals surface area contributed by atoms with Crippen molar-refractivity contribution in [3.8, 4) is 0 Å². The van der Waals surface area contributed by atoms with Gasteiger partial charge in [0.05, 0.1) is 0 Å². The van der Waals surface area contributed by atoms with Crippen molar-refractivity contribution in [2.45, 2.75) is 64.2 Å². The molecule has 19 heavy (non-hydrogen) atoms. The van der Waals surface area contributed by atoms with E-state index in [9.17, 15) is 0 Å². The van der Waals surface area contributed by atoms with Crippen LogP contribution in [0.15, 0.2) is 0 Å². The molecule has 0 saturated heterocycles. The van der Waals surface area contributed by atoms with Crippen LogP contribution in [0.2, 0.25) is 0 Å². The normalized spacial score (nSPS) is 10.4. The Bertz CT molecular complexity index is 184. The molecule has 0 spiro atoms. The van der Waals surface area contributed by atoms with Gasteiger partial charge >= 0.3 is 32.7 Å². The fourth-order valence-corrected chi connectivity index (χ4v) is 1.75. The quantitative estimate of drug-likeness (QED) is 0.269. The number of hydrogen-bond donors (Lipinski definition) is 1. The third-order valence-corrected chi connectivity index (χ3v) is 2.72. The van der Waals surface area contributed by atoms with Crippen molar-refractivity contribution in [3.63, 3.8) is 0 Å². The Morgan fingerprint density at radius 2 is 1.05 bits per heavy atom. The Kier molecular flexibility index (Phi) is 26.3. The summed E-state index contributed by atoms with van der Waals surface area (Å²) in [5.41, 5.74) is 0. The van der Waals surface area contributed by atoms with Crippen LogP contribution in [0.5, 0.6) is 0 Å². The van der Waals surface area contributed by atoms with Crippen LogP contribution in [0.1, 0.15) is 64.2 Å². The first-order valence-corrected chi connectivity index (χ1v) is 8.64. The van der Waals surface area contributed by atoms with Gasteiger partial charge in [0, 0.05) is 0 Å². The molecule has 0 N–H and O–H groups in total. The van der Waals surface area contributed by atoms with E-state index >= 15 is 0 Å². The maximum Gasteiger partial charge on any atom is 3.00 e. The summed E-state index contributed by atoms with van der Waals surface area (Å²) in [4.78, 5) is 25.6. The van der Waals surface area contributed by atoms with Gasteiger partial charge in [-0.3, -0.25) is 0 Å². The zero-order valence-corrected chi connectivity index (χ0v) is 16.2. The molecule has 0 amide bonds. The number of rotatable bonds is 10. The SMILES string of the molecule is O=P([O-])([O-])[O-].[CH2-]CCCCCCCCCCCS.[Y+3]. The molecule has 0 aromatic rings. The fourth-order valence-electron chi connectivity index (χ4n) is 1.53. The molecular weight excluding hydrogens is 360 g/mol. The Morgan fingerprint density at radius 1 is 0.789 bits per heavy atom. The molecular formula is C12H25O4PSY-. The van der Waals surface area contributed by atoms with E-state index in [0.29, 0.717) is 0 Å². The summed E-state index contributed by atoms with van der Waals surface area (Å²) in [7, 11) is -5.39. The van der Waals surface area contributed by atoms with E-state index in [-0.39, 0.29) is 32.7 Å². The second kappa shape index (κ2) is 19.6. The molecule has 0 atom stereocenters. The van der Waals surface area contributed by atoms with Crippen molar-refractivity contribution in [2.75, 3.05) is 5.75 Å². The number of unbranched alkanes of at least 4 members (excludes halogenated alkanes) is 9. The van der Waals surface area contributed by atoms with Gasteiger partial charge in [-0.1, -0.05) is 51.4 Å². The second-order valence-corrected chi connectivity index (χ2v) is 5.55. The van der Waals surface area contributed by atoms with Crippen molar-refractivity contribution in [1.29, 1.82) is 0 Å². The second-order valence-electron chi connectivity index (χ2n) is 4.21. The molecule has 0 heterocycles. The molecule has 0 aromatic heterocycles. The van der Waals surface area contributed by atoms with Crippen molar-refractivity contribution in [1.82, 2.24) is 0 Å². The van der Waals surface area contributed by atoms with Crippen LogP contribution >= 0.6 is 20.5 Å². The fraction of sp³-hybridized carbons (Fsp3) is 0.917. The number of phosphoric acid groups is 1. The van der Waals surface area contributed by atoms with E-state index in [1.54, 1.807) is 0 Å². The van der Waals surface area contributed by atoms with Crippen LogP contribution < -0.4 is 14.7 Å². The molecule has 0 aliphatic rings. The van der Waals surface area contributed by atoms with Gasteiger partial charge in [-0.15, -0.1) is 0 Å². The van der Waals surface area contributed by atoms with Crippen LogP contribution in [0.3, 0.4) is 0 Å². The monoisotopic (exact) mass is 385 g/mol. The third kappa shape index (κ3) is 45.1. The molecule has 0 aliphatic heterocycles. The van der Waals surface area contributed by atoms with Crippen LogP contribution in [0.4, 0.5) is 0 Å². The van der Waals surface area contributed by atoms with Crippen LogP contribution in [0, 0.1) is 6.92 Å². The van der Waals surface area contributed by atoms with Crippen LogP contribution in [-0.4, -0.2) is 5.75 Å². The first kappa shape index (κ1) is 25.5. The molecule has 112 valence electrons. The van der Waals surface area contributed by atoms with Gasteiger partial charge in [0.2, 0.25) is 0 Å². The van der Waals surface area contributed by atoms with Crippen LogP contribution in [0.25, 0.3) is 0 Å². The minimum absolute atomic E-state index is 0. The van der Waals surface area contributed by atoms with Gasteiger partial charge in [0.25, 0.3) is 0 Å². The summed E-state index contributed by atoms with van der Waals surface area (Å²) in [6.07, 6.45) is 13.6.